The maximum absolute atomic E-state index is 12.1. The Morgan fingerprint density at radius 1 is 1.23 bits per heavy atom. The molecule has 1 N–H and O–H groups in total. The number of pyridine rings is 1. The fraction of sp³-hybridized carbons (Fsp3) is 0.150. The monoisotopic (exact) mass is 367 g/mol. The van der Waals surface area contributed by atoms with Gasteiger partial charge in [-0.2, -0.15) is 5.10 Å². The number of fused-ring (bicyclic) bond motifs is 1. The van der Waals surface area contributed by atoms with E-state index in [0.717, 1.165) is 22.2 Å². The maximum Gasteiger partial charge on any atom is 0.271 e. The Hall–Kier alpha value is -2.92. The predicted molar refractivity (Wildman–Crippen MR) is 104 cm³/mol. The Kier molecular flexibility index (Phi) is 5.49. The lowest BCUT2D eigenvalue weighted by Gasteiger charge is -2.05. The van der Waals surface area contributed by atoms with E-state index in [1.807, 2.05) is 38.1 Å². The number of amides is 1. The number of ether oxygens (including phenoxy) is 1. The number of aryl methyl sites for hydroxylation is 1. The fourth-order valence-corrected chi connectivity index (χ4v) is 2.65. The normalized spacial score (nSPS) is 11.0. The molecule has 0 aliphatic heterocycles. The second-order valence-corrected chi connectivity index (χ2v) is 6.08. The van der Waals surface area contributed by atoms with Crippen LogP contribution < -0.4 is 10.2 Å². The van der Waals surface area contributed by atoms with Gasteiger partial charge in [-0.05, 0) is 55.8 Å². The van der Waals surface area contributed by atoms with Crippen LogP contribution in [-0.4, -0.2) is 23.7 Å². The molecule has 0 spiro atoms. The van der Waals surface area contributed by atoms with E-state index >= 15 is 0 Å². The van der Waals surface area contributed by atoms with Crippen LogP contribution in [0.2, 0.25) is 5.15 Å². The van der Waals surface area contributed by atoms with Crippen molar-refractivity contribution in [1.29, 1.82) is 0 Å². The minimum atomic E-state index is -0.315. The van der Waals surface area contributed by atoms with Crippen LogP contribution in [0.3, 0.4) is 0 Å². The highest BCUT2D eigenvalue weighted by Gasteiger charge is 2.06. The smallest absolute Gasteiger partial charge is 0.271 e. The summed E-state index contributed by atoms with van der Waals surface area (Å²) >= 11 is 6.21. The zero-order chi connectivity index (χ0) is 18.5. The molecule has 1 heterocycles. The third-order valence-electron chi connectivity index (χ3n) is 3.75. The molecule has 0 fully saturated rings. The van der Waals surface area contributed by atoms with E-state index in [0.29, 0.717) is 22.9 Å². The van der Waals surface area contributed by atoms with Gasteiger partial charge in [-0.25, -0.2) is 10.4 Å². The van der Waals surface area contributed by atoms with Gasteiger partial charge in [-0.3, -0.25) is 4.79 Å². The molecule has 0 unspecified atom stereocenters. The lowest BCUT2D eigenvalue weighted by Crippen LogP contribution is -2.17. The number of halogens is 1. The Labute approximate surface area is 156 Å². The number of aromatic nitrogens is 1. The van der Waals surface area contributed by atoms with Gasteiger partial charge in [0.1, 0.15) is 10.9 Å². The van der Waals surface area contributed by atoms with Gasteiger partial charge in [0.2, 0.25) is 0 Å². The third-order valence-corrected chi connectivity index (χ3v) is 4.05. The van der Waals surface area contributed by atoms with Gasteiger partial charge < -0.3 is 4.74 Å². The van der Waals surface area contributed by atoms with Crippen molar-refractivity contribution in [2.45, 2.75) is 13.8 Å². The van der Waals surface area contributed by atoms with Crippen LogP contribution in [-0.2, 0) is 0 Å². The van der Waals surface area contributed by atoms with Crippen LogP contribution in [0.4, 0.5) is 0 Å². The first kappa shape index (κ1) is 17.9. The van der Waals surface area contributed by atoms with Crippen molar-refractivity contribution >= 4 is 34.6 Å². The molecule has 1 aromatic heterocycles. The summed E-state index contributed by atoms with van der Waals surface area (Å²) in [5.74, 6) is 0.404. The second-order valence-electron chi connectivity index (χ2n) is 5.72. The minimum absolute atomic E-state index is 0.315. The molecule has 132 valence electrons. The van der Waals surface area contributed by atoms with Crippen LogP contribution >= 0.6 is 11.6 Å². The van der Waals surface area contributed by atoms with E-state index in [1.54, 1.807) is 24.3 Å². The number of carbonyl (C=O) groups is 1. The molecule has 3 rings (SSSR count). The van der Waals surface area contributed by atoms with Crippen LogP contribution in [0.5, 0.6) is 5.75 Å². The first-order valence-corrected chi connectivity index (χ1v) is 8.58. The lowest BCUT2D eigenvalue weighted by atomic mass is 10.1. The Balaban J connectivity index is 1.71. The first-order chi connectivity index (χ1) is 12.6. The number of carbonyl (C=O) groups excluding carboxylic acids is 1. The van der Waals surface area contributed by atoms with Gasteiger partial charge in [0.15, 0.2) is 0 Å². The maximum atomic E-state index is 12.1. The number of nitrogens with zero attached hydrogens (tertiary/aromatic N) is 2. The summed E-state index contributed by atoms with van der Waals surface area (Å²) in [4.78, 5) is 16.5. The first-order valence-electron chi connectivity index (χ1n) is 8.20. The summed E-state index contributed by atoms with van der Waals surface area (Å²) in [7, 11) is 0. The van der Waals surface area contributed by atoms with Gasteiger partial charge in [0.25, 0.3) is 5.91 Å². The highest BCUT2D eigenvalue weighted by atomic mass is 35.5. The highest BCUT2D eigenvalue weighted by molar-refractivity contribution is 6.32. The molecule has 2 aromatic carbocycles. The van der Waals surface area contributed by atoms with E-state index in [2.05, 4.69) is 15.5 Å². The Morgan fingerprint density at radius 2 is 2.00 bits per heavy atom. The summed E-state index contributed by atoms with van der Waals surface area (Å²) < 4.78 is 5.35. The molecular weight excluding hydrogens is 350 g/mol. The lowest BCUT2D eigenvalue weighted by molar-refractivity contribution is 0.0955. The van der Waals surface area contributed by atoms with E-state index in [1.165, 1.54) is 6.21 Å². The third kappa shape index (κ3) is 4.18. The van der Waals surface area contributed by atoms with Crippen LogP contribution in [0.25, 0.3) is 10.9 Å². The topological polar surface area (TPSA) is 63.6 Å². The van der Waals surface area contributed by atoms with E-state index in [9.17, 15) is 4.79 Å². The molecule has 1 amide bonds. The van der Waals surface area contributed by atoms with Gasteiger partial charge in [0, 0.05) is 16.5 Å². The largest absolute Gasteiger partial charge is 0.494 e. The molecule has 0 radical (unpaired) electrons. The Bertz CT molecular complexity index is 969. The average molecular weight is 368 g/mol. The van der Waals surface area contributed by atoms with Crippen molar-refractivity contribution in [3.8, 4) is 5.75 Å². The molecule has 0 saturated carbocycles. The van der Waals surface area contributed by atoms with Gasteiger partial charge in [-0.15, -0.1) is 0 Å². The molecule has 0 aliphatic carbocycles. The minimum Gasteiger partial charge on any atom is -0.494 e. The van der Waals surface area contributed by atoms with Crippen LogP contribution in [0.15, 0.2) is 53.6 Å². The zero-order valence-corrected chi connectivity index (χ0v) is 15.2. The molecule has 0 saturated heterocycles. The molecule has 3 aromatic rings. The van der Waals surface area contributed by atoms with Crippen molar-refractivity contribution in [1.82, 2.24) is 10.4 Å². The molecule has 6 heteroatoms. The summed E-state index contributed by atoms with van der Waals surface area (Å²) in [6.07, 6.45) is 1.49. The molecule has 5 nitrogen and oxygen atoms in total. The molecule has 0 bridgehead atoms. The van der Waals surface area contributed by atoms with Crippen LogP contribution in [0, 0.1) is 6.92 Å². The Morgan fingerprint density at radius 3 is 2.73 bits per heavy atom. The summed E-state index contributed by atoms with van der Waals surface area (Å²) in [6.45, 7) is 4.49. The summed E-state index contributed by atoms with van der Waals surface area (Å²) in [6, 6.07) is 14.7. The SMILES string of the molecule is CCOc1ccc(C(=O)N/N=C\c2cc3ccc(C)cc3nc2Cl)cc1. The molecule has 0 aliphatic rings. The fourth-order valence-electron chi connectivity index (χ4n) is 2.45. The number of benzene rings is 2. The zero-order valence-electron chi connectivity index (χ0n) is 14.5. The van der Waals surface area contributed by atoms with Crippen molar-refractivity contribution in [2.75, 3.05) is 6.61 Å². The number of nitrogens with one attached hydrogen (secondary N) is 1. The predicted octanol–water partition coefficient (Wildman–Crippen LogP) is 4.36. The van der Waals surface area contributed by atoms with E-state index < -0.39 is 0 Å². The number of hydrazone groups is 1. The molecular formula is C20H18ClN3O2. The van der Waals surface area contributed by atoms with Gasteiger partial charge >= 0.3 is 0 Å². The number of rotatable bonds is 5. The highest BCUT2D eigenvalue weighted by Crippen LogP contribution is 2.20. The molecule has 26 heavy (non-hydrogen) atoms. The van der Waals surface area contributed by atoms with E-state index in [-0.39, 0.29) is 5.91 Å². The quantitative estimate of drug-likeness (QED) is 0.414. The van der Waals surface area contributed by atoms with Gasteiger partial charge in [0.05, 0.1) is 18.3 Å². The van der Waals surface area contributed by atoms with Crippen molar-refractivity contribution in [3.05, 3.63) is 70.4 Å². The molecule has 0 atom stereocenters. The van der Waals surface area contributed by atoms with Crippen molar-refractivity contribution < 1.29 is 9.53 Å². The van der Waals surface area contributed by atoms with Gasteiger partial charge in [-0.1, -0.05) is 23.7 Å². The van der Waals surface area contributed by atoms with Crippen molar-refractivity contribution in [2.24, 2.45) is 5.10 Å². The van der Waals surface area contributed by atoms with Crippen molar-refractivity contribution in [3.63, 3.8) is 0 Å². The number of hydrogen-bond donors (Lipinski definition) is 1. The average Bonchev–Trinajstić information content (AvgIpc) is 2.63. The van der Waals surface area contributed by atoms with Crippen LogP contribution in [0.1, 0.15) is 28.4 Å². The summed E-state index contributed by atoms with van der Waals surface area (Å²) in [5, 5.41) is 5.27. The number of hydrogen-bond acceptors (Lipinski definition) is 4. The second kappa shape index (κ2) is 7.97. The standard InChI is InChI=1S/C20H18ClN3O2/c1-3-26-17-8-6-14(7-9-17)20(25)24-22-12-16-11-15-5-4-13(2)10-18(15)23-19(16)21/h4-12H,3H2,1-2H3,(H,24,25)/b22-12-. The summed E-state index contributed by atoms with van der Waals surface area (Å²) in [5.41, 5.74) is 5.55. The van der Waals surface area contributed by atoms with E-state index in [4.69, 9.17) is 16.3 Å².